The number of carbonyl (C=O) groups excluding carboxylic acids is 3. The molecule has 3 aromatic rings. The molecule has 0 aliphatic carbocycles. The van der Waals surface area contributed by atoms with E-state index in [4.69, 9.17) is 9.15 Å². The van der Waals surface area contributed by atoms with Crippen molar-refractivity contribution < 1.29 is 23.5 Å². The van der Waals surface area contributed by atoms with Crippen LogP contribution in [0.2, 0.25) is 0 Å². The molecule has 0 aliphatic heterocycles. The number of rotatable bonds is 8. The molecular weight excluding hydrogens is 384 g/mol. The lowest BCUT2D eigenvalue weighted by atomic mass is 10.2. The van der Waals surface area contributed by atoms with Gasteiger partial charge in [-0.05, 0) is 29.3 Å². The predicted molar refractivity (Wildman–Crippen MR) is 110 cm³/mol. The summed E-state index contributed by atoms with van der Waals surface area (Å²) in [6, 6.07) is 21.2. The smallest absolute Gasteiger partial charge is 0.325 e. The van der Waals surface area contributed by atoms with Crippen molar-refractivity contribution in [2.45, 2.75) is 6.61 Å². The predicted octanol–water partition coefficient (Wildman–Crippen LogP) is 2.91. The number of carbonyl (C=O) groups is 3. The van der Waals surface area contributed by atoms with Gasteiger partial charge in [-0.3, -0.25) is 14.4 Å². The van der Waals surface area contributed by atoms with E-state index in [2.05, 4.69) is 10.6 Å². The summed E-state index contributed by atoms with van der Waals surface area (Å²) in [5.41, 5.74) is 1.51. The monoisotopic (exact) mass is 404 g/mol. The second-order valence-corrected chi connectivity index (χ2v) is 6.23. The average Bonchev–Trinajstić information content (AvgIpc) is 3.32. The number of esters is 1. The molecule has 3 rings (SSSR count). The standard InChI is InChI=1S/C23H20N2O5/c26-21(30-16-18-10-5-2-6-11-18)15-24-22(27)19(14-17-8-3-1-4-9-17)25-23(28)20-12-7-13-29-20/h1-14H,15-16H2,(H,24,27)(H,25,28)/b19-14+. The maximum Gasteiger partial charge on any atom is 0.325 e. The third-order valence-corrected chi connectivity index (χ3v) is 3.98. The quantitative estimate of drug-likeness (QED) is 0.444. The Balaban J connectivity index is 1.62. The molecule has 0 saturated carbocycles. The lowest BCUT2D eigenvalue weighted by Gasteiger charge is -2.10. The van der Waals surface area contributed by atoms with E-state index in [-0.39, 0.29) is 24.6 Å². The first kappa shape index (κ1) is 20.6. The normalized spacial score (nSPS) is 10.9. The van der Waals surface area contributed by atoms with Crippen molar-refractivity contribution in [3.8, 4) is 0 Å². The van der Waals surface area contributed by atoms with Crippen LogP contribution in [0.1, 0.15) is 21.7 Å². The number of hydrogen-bond acceptors (Lipinski definition) is 5. The molecule has 0 unspecified atom stereocenters. The first-order chi connectivity index (χ1) is 14.6. The molecule has 1 heterocycles. The van der Waals surface area contributed by atoms with E-state index >= 15 is 0 Å². The highest BCUT2D eigenvalue weighted by Crippen LogP contribution is 2.07. The number of amides is 2. The van der Waals surface area contributed by atoms with Gasteiger partial charge in [-0.2, -0.15) is 0 Å². The molecule has 7 nitrogen and oxygen atoms in total. The third kappa shape index (κ3) is 6.20. The zero-order valence-corrected chi connectivity index (χ0v) is 16.0. The Morgan fingerprint density at radius 3 is 2.27 bits per heavy atom. The fraction of sp³-hybridized carbons (Fsp3) is 0.0870. The first-order valence-electron chi connectivity index (χ1n) is 9.21. The molecule has 1 aromatic heterocycles. The third-order valence-electron chi connectivity index (χ3n) is 3.98. The second-order valence-electron chi connectivity index (χ2n) is 6.23. The van der Waals surface area contributed by atoms with Crippen LogP contribution in [0, 0.1) is 0 Å². The zero-order valence-electron chi connectivity index (χ0n) is 16.0. The van der Waals surface area contributed by atoms with E-state index in [0.29, 0.717) is 5.56 Å². The molecule has 0 bridgehead atoms. The van der Waals surface area contributed by atoms with Crippen LogP contribution in [0.25, 0.3) is 6.08 Å². The molecule has 152 valence electrons. The number of benzene rings is 2. The molecule has 0 fully saturated rings. The minimum atomic E-state index is -0.629. The lowest BCUT2D eigenvalue weighted by molar-refractivity contribution is -0.144. The van der Waals surface area contributed by atoms with Crippen LogP contribution in [0.3, 0.4) is 0 Å². The summed E-state index contributed by atoms with van der Waals surface area (Å²) in [6.07, 6.45) is 2.86. The van der Waals surface area contributed by atoms with Gasteiger partial charge < -0.3 is 19.8 Å². The van der Waals surface area contributed by atoms with Gasteiger partial charge in [0.15, 0.2) is 5.76 Å². The van der Waals surface area contributed by atoms with Crippen LogP contribution in [0.5, 0.6) is 0 Å². The number of ether oxygens (including phenoxy) is 1. The molecule has 7 heteroatoms. The molecule has 0 spiro atoms. The van der Waals surface area contributed by atoms with Crippen LogP contribution in [-0.4, -0.2) is 24.3 Å². The fourth-order valence-electron chi connectivity index (χ4n) is 2.50. The van der Waals surface area contributed by atoms with Crippen molar-refractivity contribution >= 4 is 23.9 Å². The number of hydrogen-bond donors (Lipinski definition) is 2. The largest absolute Gasteiger partial charge is 0.460 e. The molecule has 2 aromatic carbocycles. The molecule has 0 radical (unpaired) electrons. The van der Waals surface area contributed by atoms with Gasteiger partial charge in [0.1, 0.15) is 18.8 Å². The summed E-state index contributed by atoms with van der Waals surface area (Å²) >= 11 is 0. The summed E-state index contributed by atoms with van der Waals surface area (Å²) in [6.45, 7) is -0.230. The van der Waals surface area contributed by atoms with Crippen molar-refractivity contribution in [1.29, 1.82) is 0 Å². The number of furan rings is 1. The molecular formula is C23H20N2O5. The second kappa shape index (κ2) is 10.4. The Hall–Kier alpha value is -4.13. The van der Waals surface area contributed by atoms with Gasteiger partial charge in [-0.1, -0.05) is 60.7 Å². The number of nitrogens with one attached hydrogen (secondary N) is 2. The van der Waals surface area contributed by atoms with Crippen LogP contribution in [-0.2, 0) is 20.9 Å². The fourth-order valence-corrected chi connectivity index (χ4v) is 2.50. The maximum atomic E-state index is 12.6. The van der Waals surface area contributed by atoms with Crippen LogP contribution in [0.4, 0.5) is 0 Å². The topological polar surface area (TPSA) is 97.6 Å². The van der Waals surface area contributed by atoms with E-state index in [1.165, 1.54) is 18.4 Å². The van der Waals surface area contributed by atoms with Crippen molar-refractivity contribution in [1.82, 2.24) is 10.6 Å². The Kier molecular flexibility index (Phi) is 7.16. The zero-order chi connectivity index (χ0) is 21.2. The lowest BCUT2D eigenvalue weighted by Crippen LogP contribution is -2.37. The van der Waals surface area contributed by atoms with Gasteiger partial charge in [-0.25, -0.2) is 0 Å². The van der Waals surface area contributed by atoms with Gasteiger partial charge in [0.2, 0.25) is 0 Å². The molecule has 0 atom stereocenters. The summed E-state index contributed by atoms with van der Waals surface area (Å²) in [5.74, 6) is -1.74. The highest BCUT2D eigenvalue weighted by molar-refractivity contribution is 6.05. The Morgan fingerprint density at radius 2 is 1.60 bits per heavy atom. The van der Waals surface area contributed by atoms with Crippen LogP contribution < -0.4 is 10.6 Å². The van der Waals surface area contributed by atoms with E-state index < -0.39 is 17.8 Å². The van der Waals surface area contributed by atoms with Crippen LogP contribution >= 0.6 is 0 Å². The summed E-state index contributed by atoms with van der Waals surface area (Å²) in [5, 5.41) is 4.98. The maximum absolute atomic E-state index is 12.6. The molecule has 2 N–H and O–H groups in total. The highest BCUT2D eigenvalue weighted by Gasteiger charge is 2.17. The van der Waals surface area contributed by atoms with Gasteiger partial charge in [0.05, 0.1) is 6.26 Å². The molecule has 0 aliphatic rings. The van der Waals surface area contributed by atoms with Gasteiger partial charge >= 0.3 is 5.97 Å². The van der Waals surface area contributed by atoms with E-state index in [1.807, 2.05) is 36.4 Å². The first-order valence-corrected chi connectivity index (χ1v) is 9.21. The summed E-state index contributed by atoms with van der Waals surface area (Å²) in [4.78, 5) is 36.8. The Morgan fingerprint density at radius 1 is 0.900 bits per heavy atom. The molecule has 30 heavy (non-hydrogen) atoms. The molecule has 2 amide bonds. The van der Waals surface area contributed by atoms with Gasteiger partial charge in [0, 0.05) is 0 Å². The van der Waals surface area contributed by atoms with E-state index in [9.17, 15) is 14.4 Å². The average molecular weight is 404 g/mol. The van der Waals surface area contributed by atoms with Gasteiger partial charge in [-0.15, -0.1) is 0 Å². The van der Waals surface area contributed by atoms with Crippen molar-refractivity contribution in [2.75, 3.05) is 6.54 Å². The van der Waals surface area contributed by atoms with Crippen molar-refractivity contribution in [2.24, 2.45) is 0 Å². The van der Waals surface area contributed by atoms with E-state index in [0.717, 1.165) is 5.56 Å². The summed E-state index contributed by atoms with van der Waals surface area (Å²) in [7, 11) is 0. The SMILES string of the molecule is O=C(CNC(=O)/C(=C\c1ccccc1)NC(=O)c1ccco1)OCc1ccccc1. The Bertz CT molecular complexity index is 1010. The Labute approximate surface area is 173 Å². The summed E-state index contributed by atoms with van der Waals surface area (Å²) < 4.78 is 10.2. The highest BCUT2D eigenvalue weighted by atomic mass is 16.5. The van der Waals surface area contributed by atoms with Gasteiger partial charge in [0.25, 0.3) is 11.8 Å². The minimum absolute atomic E-state index is 0.0292. The molecule has 0 saturated heterocycles. The van der Waals surface area contributed by atoms with E-state index in [1.54, 1.807) is 30.3 Å². The van der Waals surface area contributed by atoms with Crippen LogP contribution in [0.15, 0.2) is 89.2 Å². The minimum Gasteiger partial charge on any atom is -0.460 e. The van der Waals surface area contributed by atoms with Crippen molar-refractivity contribution in [3.05, 3.63) is 102 Å². The van der Waals surface area contributed by atoms with Crippen molar-refractivity contribution in [3.63, 3.8) is 0 Å².